The summed E-state index contributed by atoms with van der Waals surface area (Å²) in [6.45, 7) is 4.07. The molecule has 1 saturated carbocycles. The van der Waals surface area contributed by atoms with E-state index >= 15 is 0 Å². The van der Waals surface area contributed by atoms with E-state index in [0.717, 1.165) is 28.4 Å². The normalized spacial score (nSPS) is 28.5. The topological polar surface area (TPSA) is 333 Å². The minimum atomic E-state index is -1.76. The van der Waals surface area contributed by atoms with Crippen LogP contribution in [-0.2, 0) is 100 Å². The molecule has 3 aliphatic heterocycles. The molecule has 3 fully saturated rings. The summed E-state index contributed by atoms with van der Waals surface area (Å²) in [5, 5.41) is 18.5. The Bertz CT molecular complexity index is 2710. The van der Waals surface area contributed by atoms with Crippen molar-refractivity contribution in [2.75, 3.05) is 35.0 Å². The number of hydrogen-bond acceptors (Lipinski definition) is 25. The molecule has 3 aromatic rings. The Morgan fingerprint density at radius 1 is 0.488 bits per heavy atom. The minimum absolute atomic E-state index is 0.00846. The molecule has 3 amide bonds. The third-order valence-electron chi connectivity index (χ3n) is 14.3. The van der Waals surface area contributed by atoms with Crippen molar-refractivity contribution in [1.29, 1.82) is 0 Å². The molecule has 7 rings (SSSR count). The highest BCUT2D eigenvalue weighted by Gasteiger charge is 2.58. The van der Waals surface area contributed by atoms with Gasteiger partial charge in [0, 0.05) is 0 Å². The first-order valence-electron chi connectivity index (χ1n) is 27.7. The van der Waals surface area contributed by atoms with Gasteiger partial charge in [0.1, 0.15) is 56.5 Å². The van der Waals surface area contributed by atoms with Crippen molar-refractivity contribution in [3.8, 4) is 0 Å². The summed E-state index contributed by atoms with van der Waals surface area (Å²) in [6.07, 6.45) is -24.1. The number of rotatable bonds is 22. The molecule has 0 spiro atoms. The highest BCUT2D eigenvalue weighted by molar-refractivity contribution is 5.69. The standard InChI is InChI=1S/C58H73N3O25/c1-8-39-44(84-56(67)71-5)46(85-57(68)72-6)41(61-54(65)76-31-35-23-17-12-18-24-35)50(78-39)81-45-40(9-2)79-51(48(45)86-58(69)73-7)82-47-42(80-49-37(26-25-36(28-62)77-49)59-52(63)74-29-33-19-13-10-14-20-33)32(3)27-38(43(47)83-55(66)70-4)60-53(64)75-30-34-21-15-11-16-22-34/h10-25,32,37-51,62H,8-9,26-31H2,1-7H3,(H,59,63)(H,60,64)(H,61,65)/t32-,37+,38+,39?,40+,41+,42+,43-,44+,45+,46+,47-,48+,49+,50+,51-/m0/s1. The van der Waals surface area contributed by atoms with Crippen LogP contribution in [0.2, 0.25) is 0 Å². The molecule has 0 aromatic heterocycles. The van der Waals surface area contributed by atoms with E-state index in [9.17, 15) is 38.7 Å². The van der Waals surface area contributed by atoms with Crippen LogP contribution in [-0.4, -0.2) is 175 Å². The predicted octanol–water partition coefficient (Wildman–Crippen LogP) is 6.57. The van der Waals surface area contributed by atoms with E-state index < -0.39 is 147 Å². The molecule has 1 aliphatic carbocycles. The summed E-state index contributed by atoms with van der Waals surface area (Å²) in [5.41, 5.74) is 1.98. The van der Waals surface area contributed by atoms with Crippen molar-refractivity contribution in [3.63, 3.8) is 0 Å². The third-order valence-corrected chi connectivity index (χ3v) is 14.3. The first-order valence-corrected chi connectivity index (χ1v) is 27.7. The summed E-state index contributed by atoms with van der Waals surface area (Å²) in [6, 6.07) is 22.6. The molecule has 0 bridgehead atoms. The second-order valence-electron chi connectivity index (χ2n) is 20.0. The van der Waals surface area contributed by atoms with Gasteiger partial charge in [-0.05, 0) is 54.4 Å². The molecule has 2 saturated heterocycles. The van der Waals surface area contributed by atoms with Gasteiger partial charge in [0.2, 0.25) is 6.29 Å². The maximum absolute atomic E-state index is 13.8. The maximum Gasteiger partial charge on any atom is 0.508 e. The predicted molar refractivity (Wildman–Crippen MR) is 291 cm³/mol. The minimum Gasteiger partial charge on any atom is -0.465 e. The third kappa shape index (κ3) is 18.0. The first-order chi connectivity index (χ1) is 41.6. The average molecular weight is 1210 g/mol. The second-order valence-corrected chi connectivity index (χ2v) is 20.0. The van der Waals surface area contributed by atoms with Crippen LogP contribution in [0.3, 0.4) is 0 Å². The fourth-order valence-electron chi connectivity index (χ4n) is 10.1. The number of aliphatic hydroxyl groups is 1. The van der Waals surface area contributed by atoms with Crippen molar-refractivity contribution >= 4 is 42.9 Å². The van der Waals surface area contributed by atoms with Crippen molar-refractivity contribution < 1.29 is 119 Å². The Hall–Kier alpha value is -8.15. The lowest BCUT2D eigenvalue weighted by molar-refractivity contribution is -0.290. The number of amides is 3. The van der Waals surface area contributed by atoms with Crippen molar-refractivity contribution in [2.24, 2.45) is 5.92 Å². The van der Waals surface area contributed by atoms with E-state index in [2.05, 4.69) is 16.0 Å². The summed E-state index contributed by atoms with van der Waals surface area (Å²) in [4.78, 5) is 93.8. The van der Waals surface area contributed by atoms with Crippen LogP contribution in [0.4, 0.5) is 33.6 Å². The second kappa shape index (κ2) is 32.4. The molecular formula is C58H73N3O25. The number of carbonyl (C=O) groups is 7. The van der Waals surface area contributed by atoms with Crippen LogP contribution in [0, 0.1) is 5.92 Å². The highest BCUT2D eigenvalue weighted by Crippen LogP contribution is 2.40. The van der Waals surface area contributed by atoms with Gasteiger partial charge < -0.3 is 102 Å². The number of hydrogen-bond donors (Lipinski definition) is 4. The zero-order chi connectivity index (χ0) is 61.7. The van der Waals surface area contributed by atoms with Gasteiger partial charge >= 0.3 is 42.9 Å². The van der Waals surface area contributed by atoms with E-state index in [0.29, 0.717) is 16.7 Å². The SMILES string of the molecule is CCC1O[C@H](O[C@H]2[C@@H](OC(=O)OC)[C@H](O[C@@H]3[C@@H](OC(=O)OC)[C@H](NC(=O)OCc4ccccc4)C[C@H](C)[C@H]3O[C@H]3OC(CO)=CC[C@H]3NC(=O)OCc3ccccc3)O[C@@H]2CC)[C@H](NC(=O)OCc2ccccc2)[C@@H](OC(=O)OC)[C@@H]1OC(=O)OC. The molecule has 0 radical (unpaired) electrons. The summed E-state index contributed by atoms with van der Waals surface area (Å²) >= 11 is 0. The first kappa shape index (κ1) is 65.4. The highest BCUT2D eigenvalue weighted by atomic mass is 16.8. The van der Waals surface area contributed by atoms with Crippen molar-refractivity contribution in [3.05, 3.63) is 120 Å². The number of benzene rings is 3. The zero-order valence-corrected chi connectivity index (χ0v) is 48.4. The molecular weight excluding hydrogens is 1140 g/mol. The smallest absolute Gasteiger partial charge is 0.465 e. The number of methoxy groups -OCH3 is 4. The Balaban J connectivity index is 1.26. The fraction of sp³-hybridized carbons (Fsp3) is 0.534. The Morgan fingerprint density at radius 3 is 1.40 bits per heavy atom. The molecule has 4 aliphatic rings. The summed E-state index contributed by atoms with van der Waals surface area (Å²) in [7, 11) is 4.17. The van der Waals surface area contributed by atoms with Crippen LogP contribution < -0.4 is 16.0 Å². The maximum atomic E-state index is 13.8. The van der Waals surface area contributed by atoms with E-state index in [4.69, 9.17) is 80.5 Å². The number of aliphatic hydroxyl groups excluding tert-OH is 1. The van der Waals surface area contributed by atoms with Gasteiger partial charge in [0.05, 0.1) is 52.7 Å². The number of carbonyl (C=O) groups excluding carboxylic acids is 7. The summed E-state index contributed by atoms with van der Waals surface area (Å²) < 4.78 is 99.2. The Morgan fingerprint density at radius 2 is 0.907 bits per heavy atom. The monoisotopic (exact) mass is 1210 g/mol. The van der Waals surface area contributed by atoms with Crippen LogP contribution in [0.15, 0.2) is 103 Å². The summed E-state index contributed by atoms with van der Waals surface area (Å²) in [5.74, 6) is -0.631. The van der Waals surface area contributed by atoms with Crippen molar-refractivity contribution in [2.45, 2.75) is 158 Å². The quantitative estimate of drug-likeness (QED) is 0.0610. The lowest BCUT2D eigenvalue weighted by atomic mass is 9.80. The molecule has 28 nitrogen and oxygen atoms in total. The van der Waals surface area contributed by atoms with Gasteiger partial charge in [0.25, 0.3) is 0 Å². The van der Waals surface area contributed by atoms with Gasteiger partial charge in [-0.3, -0.25) is 0 Å². The lowest BCUT2D eigenvalue weighted by Gasteiger charge is -2.47. The van der Waals surface area contributed by atoms with Crippen LogP contribution in [0.1, 0.15) is 63.1 Å². The molecule has 4 N–H and O–H groups in total. The molecule has 16 atom stereocenters. The van der Waals surface area contributed by atoms with E-state index in [-0.39, 0.29) is 51.3 Å². The molecule has 1 unspecified atom stereocenters. The van der Waals surface area contributed by atoms with E-state index in [1.54, 1.807) is 112 Å². The Kier molecular flexibility index (Phi) is 24.6. The lowest BCUT2D eigenvalue weighted by Crippen LogP contribution is -2.67. The molecule has 86 heavy (non-hydrogen) atoms. The molecule has 3 aromatic carbocycles. The van der Waals surface area contributed by atoms with Gasteiger partial charge in [-0.15, -0.1) is 0 Å². The van der Waals surface area contributed by atoms with Crippen LogP contribution in [0.5, 0.6) is 0 Å². The van der Waals surface area contributed by atoms with Gasteiger partial charge in [-0.25, -0.2) is 33.6 Å². The number of nitrogens with one attached hydrogen (secondary N) is 3. The zero-order valence-electron chi connectivity index (χ0n) is 48.4. The molecule has 470 valence electrons. The fourth-order valence-corrected chi connectivity index (χ4v) is 10.1. The number of ether oxygens (including phenoxy) is 17. The Labute approximate surface area is 495 Å². The number of alkyl carbamates (subject to hydrolysis) is 3. The van der Waals surface area contributed by atoms with Crippen LogP contribution in [0.25, 0.3) is 0 Å². The van der Waals surface area contributed by atoms with Crippen LogP contribution >= 0.6 is 0 Å². The molecule has 28 heteroatoms. The van der Waals surface area contributed by atoms with E-state index in [1.807, 2.05) is 6.07 Å². The van der Waals surface area contributed by atoms with Gasteiger partial charge in [-0.2, -0.15) is 0 Å². The average Bonchev–Trinajstić information content (AvgIpc) is 1.54. The molecule has 3 heterocycles. The van der Waals surface area contributed by atoms with Crippen molar-refractivity contribution in [1.82, 2.24) is 16.0 Å². The van der Waals surface area contributed by atoms with Gasteiger partial charge in [0.15, 0.2) is 37.0 Å². The van der Waals surface area contributed by atoms with E-state index in [1.165, 1.54) is 0 Å². The van der Waals surface area contributed by atoms with Gasteiger partial charge in [-0.1, -0.05) is 112 Å². The largest absolute Gasteiger partial charge is 0.508 e.